The van der Waals surface area contributed by atoms with Gasteiger partial charge >= 0.3 is 6.18 Å². The summed E-state index contributed by atoms with van der Waals surface area (Å²) in [4.78, 5) is 24.4. The van der Waals surface area contributed by atoms with E-state index < -0.39 is 46.5 Å². The lowest BCUT2D eigenvalue weighted by Crippen LogP contribution is -2.36. The Morgan fingerprint density at radius 2 is 1.83 bits per heavy atom. The lowest BCUT2D eigenvalue weighted by molar-refractivity contribution is -0.141. The van der Waals surface area contributed by atoms with Crippen LogP contribution in [0, 0.1) is 16.5 Å². The van der Waals surface area contributed by atoms with Crippen LogP contribution in [0.4, 0.5) is 22.0 Å². The molecule has 0 radical (unpaired) electrons. The van der Waals surface area contributed by atoms with Crippen molar-refractivity contribution < 1.29 is 27.1 Å². The van der Waals surface area contributed by atoms with Gasteiger partial charge in [0.2, 0.25) is 0 Å². The van der Waals surface area contributed by atoms with E-state index in [1.54, 1.807) is 0 Å². The van der Waals surface area contributed by atoms with Crippen LogP contribution in [0.3, 0.4) is 0 Å². The zero-order valence-electron chi connectivity index (χ0n) is 11.6. The van der Waals surface area contributed by atoms with Gasteiger partial charge in [0.15, 0.2) is 17.4 Å². The highest BCUT2D eigenvalue weighted by molar-refractivity contribution is 5.50. The first kappa shape index (κ1) is 17.4. The van der Waals surface area contributed by atoms with Crippen LogP contribution in [0.15, 0.2) is 22.1 Å². The summed E-state index contributed by atoms with van der Waals surface area (Å²) in [5, 5.41) is 10.8. The van der Waals surface area contributed by atoms with Crippen LogP contribution in [-0.2, 0) is 6.54 Å². The standard InChI is InChI=1S/C13H8F5N3O3/c14-7-1-6(2-8(15)11(7)22)3-9-12(23)21(5-13(16,17)18)10(20-9)4-19-24/h1-4,20,22H,5H2/b9-3+,10-4?. The van der Waals surface area contributed by atoms with E-state index in [2.05, 4.69) is 10.2 Å². The van der Waals surface area contributed by atoms with Gasteiger partial charge in [0, 0.05) is 0 Å². The highest BCUT2D eigenvalue weighted by Gasteiger charge is 2.29. The maximum atomic E-state index is 13.3. The molecule has 2 aromatic rings. The van der Waals surface area contributed by atoms with Crippen molar-refractivity contribution in [1.29, 1.82) is 0 Å². The number of aromatic amines is 1. The Bertz CT molecular complexity index is 936. The number of nitroso groups, excluding NO2 is 1. The van der Waals surface area contributed by atoms with Crippen LogP contribution in [0.2, 0.25) is 0 Å². The fourth-order valence-corrected chi connectivity index (χ4v) is 1.93. The van der Waals surface area contributed by atoms with E-state index in [1.807, 2.05) is 0 Å². The average Bonchev–Trinajstić information content (AvgIpc) is 2.72. The number of phenolic OH excluding ortho intramolecular Hbond substituents is 1. The third-order valence-electron chi connectivity index (χ3n) is 2.89. The van der Waals surface area contributed by atoms with Crippen LogP contribution < -0.4 is 16.4 Å². The Hall–Kier alpha value is -2.98. The minimum Gasteiger partial charge on any atom is -0.503 e. The van der Waals surface area contributed by atoms with Gasteiger partial charge < -0.3 is 10.1 Å². The summed E-state index contributed by atoms with van der Waals surface area (Å²) in [6, 6.07) is 1.35. The second-order valence-corrected chi connectivity index (χ2v) is 4.64. The van der Waals surface area contributed by atoms with Gasteiger partial charge in [-0.1, -0.05) is 0 Å². The third kappa shape index (κ3) is 3.67. The number of aromatic hydroxyl groups is 1. The van der Waals surface area contributed by atoms with Gasteiger partial charge in [-0.3, -0.25) is 9.36 Å². The molecule has 128 valence electrons. The fourth-order valence-electron chi connectivity index (χ4n) is 1.93. The molecule has 0 aliphatic rings. The van der Waals surface area contributed by atoms with E-state index in [0.717, 1.165) is 6.08 Å². The summed E-state index contributed by atoms with van der Waals surface area (Å²) in [6.07, 6.45) is -3.42. The van der Waals surface area contributed by atoms with Crippen molar-refractivity contribution in [2.24, 2.45) is 5.18 Å². The van der Waals surface area contributed by atoms with Crippen LogP contribution in [0.5, 0.6) is 5.75 Å². The van der Waals surface area contributed by atoms with E-state index in [0.29, 0.717) is 18.3 Å². The Balaban J connectivity index is 2.68. The summed E-state index contributed by atoms with van der Waals surface area (Å²) < 4.78 is 64.2. The lowest BCUT2D eigenvalue weighted by atomic mass is 10.2. The lowest BCUT2D eigenvalue weighted by Gasteiger charge is -2.05. The third-order valence-corrected chi connectivity index (χ3v) is 2.89. The first-order valence-corrected chi connectivity index (χ1v) is 6.20. The van der Waals surface area contributed by atoms with Crippen molar-refractivity contribution in [1.82, 2.24) is 9.55 Å². The molecule has 11 heteroatoms. The molecule has 0 aliphatic carbocycles. The topological polar surface area (TPSA) is 87.5 Å². The molecule has 1 heterocycles. The van der Waals surface area contributed by atoms with Crippen molar-refractivity contribution in [2.45, 2.75) is 12.7 Å². The molecule has 2 N–H and O–H groups in total. The highest BCUT2D eigenvalue weighted by atomic mass is 19.4. The maximum absolute atomic E-state index is 13.3. The number of aromatic nitrogens is 2. The quantitative estimate of drug-likeness (QED) is 0.642. The van der Waals surface area contributed by atoms with Crippen LogP contribution in [-0.4, -0.2) is 20.8 Å². The van der Waals surface area contributed by atoms with Gasteiger partial charge in [-0.05, 0) is 28.9 Å². The van der Waals surface area contributed by atoms with Gasteiger partial charge in [-0.2, -0.15) is 13.2 Å². The molecular formula is C13H8F5N3O3. The molecule has 0 bridgehead atoms. The second-order valence-electron chi connectivity index (χ2n) is 4.64. The van der Waals surface area contributed by atoms with E-state index >= 15 is 0 Å². The van der Waals surface area contributed by atoms with E-state index in [1.165, 1.54) is 0 Å². The molecule has 0 saturated heterocycles. The molecule has 0 spiro atoms. The summed E-state index contributed by atoms with van der Waals surface area (Å²) in [7, 11) is 0. The van der Waals surface area contributed by atoms with Crippen LogP contribution in [0.1, 0.15) is 5.56 Å². The minimum absolute atomic E-state index is 0.209. The number of benzene rings is 1. The molecule has 0 aliphatic heterocycles. The maximum Gasteiger partial charge on any atom is 0.406 e. The summed E-state index contributed by atoms with van der Waals surface area (Å²) in [6.45, 7) is -1.68. The van der Waals surface area contributed by atoms with Gasteiger partial charge in [-0.15, -0.1) is 4.91 Å². The largest absolute Gasteiger partial charge is 0.503 e. The molecule has 1 aromatic carbocycles. The number of alkyl halides is 3. The van der Waals surface area contributed by atoms with Crippen LogP contribution in [0.25, 0.3) is 12.3 Å². The van der Waals surface area contributed by atoms with Crippen molar-refractivity contribution in [3.05, 3.63) is 55.4 Å². The summed E-state index contributed by atoms with van der Waals surface area (Å²) >= 11 is 0. The monoisotopic (exact) mass is 349 g/mol. The predicted octanol–water partition coefficient (Wildman–Crippen LogP) is 1.06. The number of hydrogen-bond acceptors (Lipinski definition) is 4. The number of nitrogens with one attached hydrogen (secondary N) is 1. The first-order chi connectivity index (χ1) is 11.1. The molecule has 0 amide bonds. The fraction of sp³-hybridized carbons (Fsp3) is 0.154. The smallest absolute Gasteiger partial charge is 0.406 e. The van der Waals surface area contributed by atoms with Crippen molar-refractivity contribution in [3.8, 4) is 5.75 Å². The van der Waals surface area contributed by atoms with Crippen LogP contribution >= 0.6 is 0 Å². The first-order valence-electron chi connectivity index (χ1n) is 6.20. The van der Waals surface area contributed by atoms with Crippen molar-refractivity contribution in [3.63, 3.8) is 0 Å². The Morgan fingerprint density at radius 1 is 1.25 bits per heavy atom. The number of rotatable bonds is 3. The molecular weight excluding hydrogens is 341 g/mol. The molecule has 24 heavy (non-hydrogen) atoms. The van der Waals surface area contributed by atoms with Crippen molar-refractivity contribution >= 4 is 12.3 Å². The summed E-state index contributed by atoms with van der Waals surface area (Å²) in [5.74, 6) is -3.86. The van der Waals surface area contributed by atoms with Crippen molar-refractivity contribution in [2.75, 3.05) is 0 Å². The second kappa shape index (κ2) is 6.26. The molecule has 0 atom stereocenters. The zero-order valence-corrected chi connectivity index (χ0v) is 11.6. The number of halogens is 5. The van der Waals surface area contributed by atoms with Gasteiger partial charge in [0.1, 0.15) is 23.6 Å². The number of imidazole rings is 1. The molecule has 1 aromatic heterocycles. The average molecular weight is 349 g/mol. The summed E-state index contributed by atoms with van der Waals surface area (Å²) in [5.41, 5.74) is -1.93. The van der Waals surface area contributed by atoms with E-state index in [4.69, 9.17) is 5.11 Å². The SMILES string of the molecule is O=NC=c1[nH]/c(=C/c2cc(F)c(O)c(F)c2)c(=O)n1CC(F)(F)F. The molecule has 0 fully saturated rings. The van der Waals surface area contributed by atoms with Gasteiger partial charge in [-0.25, -0.2) is 8.78 Å². The van der Waals surface area contributed by atoms with E-state index in [9.17, 15) is 31.7 Å². The normalized spacial score (nSPS) is 13.5. The Kier molecular flexibility index (Phi) is 4.53. The molecule has 0 saturated carbocycles. The highest BCUT2D eigenvalue weighted by Crippen LogP contribution is 2.21. The van der Waals surface area contributed by atoms with Gasteiger partial charge in [0.25, 0.3) is 5.56 Å². The number of phenols is 1. The number of nitrogens with zero attached hydrogens (tertiary/aromatic N) is 2. The zero-order chi connectivity index (χ0) is 18.1. The molecule has 0 unspecified atom stereocenters. The Labute approximate surface area is 129 Å². The molecule has 2 rings (SSSR count). The predicted molar refractivity (Wildman–Crippen MR) is 72.2 cm³/mol. The number of H-pyrrole nitrogens is 1. The minimum atomic E-state index is -4.74. The number of hydrogen-bond donors (Lipinski definition) is 2. The molecule has 6 nitrogen and oxygen atoms in total. The Morgan fingerprint density at radius 3 is 2.33 bits per heavy atom. The van der Waals surface area contributed by atoms with Gasteiger partial charge in [0.05, 0.1) is 0 Å². The van der Waals surface area contributed by atoms with E-state index in [-0.39, 0.29) is 10.1 Å².